The van der Waals surface area contributed by atoms with E-state index in [0.29, 0.717) is 23.0 Å². The molecule has 0 aromatic heterocycles. The molecule has 4 aliphatic carbocycles. The molecule has 9 atom stereocenters. The van der Waals surface area contributed by atoms with Crippen LogP contribution in [0.15, 0.2) is 11.6 Å². The quantitative estimate of drug-likeness (QED) is 0.0747. The molecule has 286 valence electrons. The maximum absolute atomic E-state index is 6.56. The lowest BCUT2D eigenvalue weighted by Crippen LogP contribution is -2.51. The smallest absolute Gasteiger partial charge is 0.0644 e. The molecular weight excluding hydrogens is 602 g/mol. The van der Waals surface area contributed by atoms with E-state index < -0.39 is 0 Å². The van der Waals surface area contributed by atoms with Crippen LogP contribution >= 0.6 is 0 Å². The predicted octanol–water partition coefficient (Wildman–Crippen LogP) is 11.9. The van der Waals surface area contributed by atoms with Gasteiger partial charge in [0.1, 0.15) is 0 Å². The first kappa shape index (κ1) is 41.3. The van der Waals surface area contributed by atoms with Crippen molar-refractivity contribution in [2.75, 3.05) is 47.1 Å². The molecule has 0 N–H and O–H groups in total. The first-order valence-electron chi connectivity index (χ1n) is 21.7. The Labute approximate surface area is 305 Å². The monoisotopic (exact) mass is 686 g/mol. The third-order valence-corrected chi connectivity index (χ3v) is 14.5. The standard InChI is InChI=1S/C45H83NO3/c1-9-10-15-29-47-33-38(46(7)8)34-48-30-16-13-11-12-14-17-31-49-39-25-27-44(5)37(32-39)21-22-40-42-24-23-41(36(4)20-18-19-35(2)3)45(42,6)28-26-43(40)44/h21,35-36,38-43H,9-20,22-34H2,1-8H3/t36-,38?,39+,40?,41-,42+,43+,44?,45?/m1/s1. The fourth-order valence-corrected chi connectivity index (χ4v) is 11.3. The number of hydrogen-bond acceptors (Lipinski definition) is 4. The van der Waals surface area contributed by atoms with Crippen LogP contribution in [0.5, 0.6) is 0 Å². The van der Waals surface area contributed by atoms with Gasteiger partial charge in [0, 0.05) is 19.8 Å². The molecule has 0 aromatic rings. The predicted molar refractivity (Wildman–Crippen MR) is 209 cm³/mol. The zero-order valence-electron chi connectivity index (χ0n) is 34.0. The lowest BCUT2D eigenvalue weighted by atomic mass is 9.47. The summed E-state index contributed by atoms with van der Waals surface area (Å²) in [6, 6.07) is 0.354. The van der Waals surface area contributed by atoms with Crippen LogP contribution in [0.3, 0.4) is 0 Å². The Hall–Kier alpha value is -0.420. The Balaban J connectivity index is 1.08. The SMILES string of the molecule is CCCCCOCC(COCCCCCCCCO[C@H]1CCC2(C)C(=CCC3[C@@H]2CCC2(C)[C@@H]([C@H](C)CCCC(C)C)CC[C@@H]32)C1)N(C)C. The molecule has 4 aliphatic rings. The topological polar surface area (TPSA) is 30.9 Å². The van der Waals surface area contributed by atoms with Crippen LogP contribution in [0, 0.1) is 46.3 Å². The Bertz CT molecular complexity index is 948. The average Bonchev–Trinajstić information content (AvgIpc) is 3.43. The Morgan fingerprint density at radius 3 is 2.10 bits per heavy atom. The molecule has 0 amide bonds. The second-order valence-corrected chi connectivity index (χ2v) is 18.6. The van der Waals surface area contributed by atoms with Gasteiger partial charge in [-0.3, -0.25) is 0 Å². The van der Waals surface area contributed by atoms with Crippen molar-refractivity contribution < 1.29 is 14.2 Å². The maximum Gasteiger partial charge on any atom is 0.0644 e. The molecule has 4 heteroatoms. The number of unbranched alkanes of at least 4 members (excludes halogenated alkanes) is 7. The molecule has 0 radical (unpaired) electrons. The zero-order valence-corrected chi connectivity index (χ0v) is 34.0. The van der Waals surface area contributed by atoms with E-state index in [1.54, 1.807) is 5.57 Å². The molecule has 4 rings (SSSR count). The summed E-state index contributed by atoms with van der Waals surface area (Å²) in [6.07, 6.45) is 29.9. The number of rotatable bonds is 24. The minimum Gasteiger partial charge on any atom is -0.380 e. The fraction of sp³-hybridized carbons (Fsp3) is 0.956. The summed E-state index contributed by atoms with van der Waals surface area (Å²) in [5, 5.41) is 0. The summed E-state index contributed by atoms with van der Waals surface area (Å²) in [4.78, 5) is 2.24. The van der Waals surface area contributed by atoms with Gasteiger partial charge in [-0.15, -0.1) is 0 Å². The summed E-state index contributed by atoms with van der Waals surface area (Å²) < 4.78 is 18.5. The highest BCUT2D eigenvalue weighted by Gasteiger charge is 2.59. The van der Waals surface area contributed by atoms with Gasteiger partial charge in [0.2, 0.25) is 0 Å². The van der Waals surface area contributed by atoms with Gasteiger partial charge >= 0.3 is 0 Å². The van der Waals surface area contributed by atoms with Gasteiger partial charge in [-0.2, -0.15) is 0 Å². The van der Waals surface area contributed by atoms with Gasteiger partial charge in [-0.05, 0) is 131 Å². The molecule has 0 aliphatic heterocycles. The molecule has 0 spiro atoms. The molecule has 0 bridgehead atoms. The summed E-state index contributed by atoms with van der Waals surface area (Å²) in [6.45, 7) is 19.3. The van der Waals surface area contributed by atoms with E-state index in [4.69, 9.17) is 14.2 Å². The van der Waals surface area contributed by atoms with Gasteiger partial charge in [0.25, 0.3) is 0 Å². The van der Waals surface area contributed by atoms with Gasteiger partial charge in [0.15, 0.2) is 0 Å². The molecule has 0 heterocycles. The van der Waals surface area contributed by atoms with Gasteiger partial charge in [-0.25, -0.2) is 0 Å². The van der Waals surface area contributed by atoms with Crippen molar-refractivity contribution in [2.45, 2.75) is 182 Å². The number of likely N-dealkylation sites (N-methyl/N-ethyl adjacent to an activating group) is 1. The molecule has 4 unspecified atom stereocenters. The second kappa shape index (κ2) is 20.7. The van der Waals surface area contributed by atoms with Crippen molar-refractivity contribution in [3.05, 3.63) is 11.6 Å². The van der Waals surface area contributed by atoms with E-state index >= 15 is 0 Å². The molecule has 4 nitrogen and oxygen atoms in total. The van der Waals surface area contributed by atoms with Crippen molar-refractivity contribution in [1.29, 1.82) is 0 Å². The number of ether oxygens (including phenoxy) is 3. The van der Waals surface area contributed by atoms with Crippen LogP contribution < -0.4 is 0 Å². The van der Waals surface area contributed by atoms with E-state index in [-0.39, 0.29) is 0 Å². The normalized spacial score (nSPS) is 32.5. The Morgan fingerprint density at radius 2 is 1.43 bits per heavy atom. The average molecular weight is 686 g/mol. The van der Waals surface area contributed by atoms with Crippen molar-refractivity contribution in [1.82, 2.24) is 4.90 Å². The van der Waals surface area contributed by atoms with Crippen LogP contribution in [-0.2, 0) is 14.2 Å². The number of nitrogens with zero attached hydrogens (tertiary/aromatic N) is 1. The Morgan fingerprint density at radius 1 is 0.755 bits per heavy atom. The lowest BCUT2D eigenvalue weighted by Gasteiger charge is -2.58. The van der Waals surface area contributed by atoms with Crippen LogP contribution in [-0.4, -0.2) is 64.2 Å². The van der Waals surface area contributed by atoms with Crippen LogP contribution in [0.2, 0.25) is 0 Å². The van der Waals surface area contributed by atoms with E-state index in [0.717, 1.165) is 68.5 Å². The van der Waals surface area contributed by atoms with Gasteiger partial charge in [-0.1, -0.05) is 111 Å². The minimum atomic E-state index is 0.354. The molecule has 49 heavy (non-hydrogen) atoms. The molecule has 0 aromatic carbocycles. The second-order valence-electron chi connectivity index (χ2n) is 18.6. The van der Waals surface area contributed by atoms with E-state index in [9.17, 15) is 0 Å². The minimum absolute atomic E-state index is 0.354. The summed E-state index contributed by atoms with van der Waals surface area (Å²) in [7, 11) is 4.26. The van der Waals surface area contributed by atoms with Gasteiger partial charge < -0.3 is 19.1 Å². The van der Waals surface area contributed by atoms with E-state index in [2.05, 4.69) is 66.6 Å². The van der Waals surface area contributed by atoms with Crippen LogP contribution in [0.1, 0.15) is 170 Å². The van der Waals surface area contributed by atoms with E-state index in [1.807, 2.05) is 0 Å². The highest BCUT2D eigenvalue weighted by molar-refractivity contribution is 5.25. The van der Waals surface area contributed by atoms with Gasteiger partial charge in [0.05, 0.1) is 25.4 Å². The highest BCUT2D eigenvalue weighted by atomic mass is 16.5. The number of hydrogen-bond donors (Lipinski definition) is 0. The fourth-order valence-electron chi connectivity index (χ4n) is 11.3. The highest BCUT2D eigenvalue weighted by Crippen LogP contribution is 2.67. The Kier molecular flexibility index (Phi) is 17.5. The summed E-state index contributed by atoms with van der Waals surface area (Å²) >= 11 is 0. The first-order chi connectivity index (χ1) is 23.6. The maximum atomic E-state index is 6.56. The number of fused-ring (bicyclic) bond motifs is 5. The molecule has 3 saturated carbocycles. The lowest BCUT2D eigenvalue weighted by molar-refractivity contribution is -0.0641. The largest absolute Gasteiger partial charge is 0.380 e. The first-order valence-corrected chi connectivity index (χ1v) is 21.7. The van der Waals surface area contributed by atoms with Crippen molar-refractivity contribution >= 4 is 0 Å². The molecule has 0 saturated heterocycles. The molecule has 3 fully saturated rings. The van der Waals surface area contributed by atoms with Crippen LogP contribution in [0.4, 0.5) is 0 Å². The van der Waals surface area contributed by atoms with Crippen molar-refractivity contribution in [2.24, 2.45) is 46.3 Å². The zero-order chi connectivity index (χ0) is 35.3. The van der Waals surface area contributed by atoms with Crippen molar-refractivity contribution in [3.8, 4) is 0 Å². The summed E-state index contributed by atoms with van der Waals surface area (Å²) in [5.41, 5.74) is 2.81. The number of allylic oxidation sites excluding steroid dienone is 1. The van der Waals surface area contributed by atoms with E-state index in [1.165, 1.54) is 128 Å². The van der Waals surface area contributed by atoms with Crippen LogP contribution in [0.25, 0.3) is 0 Å². The molecular formula is C45H83NO3. The third-order valence-electron chi connectivity index (χ3n) is 14.5. The van der Waals surface area contributed by atoms with Crippen molar-refractivity contribution in [3.63, 3.8) is 0 Å². The summed E-state index contributed by atoms with van der Waals surface area (Å²) in [5.74, 6) is 5.51. The third kappa shape index (κ3) is 11.5.